The van der Waals surface area contributed by atoms with Crippen LogP contribution in [0, 0.1) is 5.82 Å². The van der Waals surface area contributed by atoms with E-state index in [1.54, 1.807) is 36.8 Å². The summed E-state index contributed by atoms with van der Waals surface area (Å²) in [5.41, 5.74) is 2.01. The highest BCUT2D eigenvalue weighted by Gasteiger charge is 2.46. The Labute approximate surface area is 209 Å². The van der Waals surface area contributed by atoms with E-state index in [1.807, 2.05) is 0 Å². The average Bonchev–Trinajstić information content (AvgIpc) is 2.82. The van der Waals surface area contributed by atoms with Crippen LogP contribution in [0.4, 0.5) is 10.2 Å². The summed E-state index contributed by atoms with van der Waals surface area (Å²) in [7, 11) is 2.06. The number of benzene rings is 1. The summed E-state index contributed by atoms with van der Waals surface area (Å²) < 4.78 is 14.1. The Morgan fingerprint density at radius 3 is 2.40 bits per heavy atom. The molecule has 0 unspecified atom stereocenters. The van der Waals surface area contributed by atoms with Crippen LogP contribution in [0.5, 0.6) is 5.75 Å². The van der Waals surface area contributed by atoms with Crippen LogP contribution in [0.3, 0.4) is 0 Å². The van der Waals surface area contributed by atoms with Crippen molar-refractivity contribution in [2.45, 2.75) is 68.1 Å². The Hall–Kier alpha value is -2.78. The molecule has 2 bridgehead atoms. The number of rotatable bonds is 5. The van der Waals surface area contributed by atoms with Gasteiger partial charge in [0.05, 0.1) is 11.8 Å². The van der Waals surface area contributed by atoms with Gasteiger partial charge >= 0.3 is 0 Å². The number of anilines is 1. The lowest BCUT2D eigenvalue weighted by Crippen LogP contribution is -2.66. The maximum Gasteiger partial charge on any atom is 0.185 e. The van der Waals surface area contributed by atoms with Crippen molar-refractivity contribution >= 4 is 17.6 Å². The fourth-order valence-electron chi connectivity index (χ4n) is 5.79. The number of fused-ring (bicyclic) bond motifs is 2. The van der Waals surface area contributed by atoms with Gasteiger partial charge in [0.25, 0.3) is 0 Å². The van der Waals surface area contributed by atoms with Gasteiger partial charge in [-0.2, -0.15) is 0 Å². The molecule has 5 rings (SSSR count). The van der Waals surface area contributed by atoms with Gasteiger partial charge in [-0.25, -0.2) is 14.4 Å². The Balaban J connectivity index is 1.34. The number of phenolic OH excluding ortho intramolecular Hbond substituents is 1. The van der Waals surface area contributed by atoms with E-state index in [0.29, 0.717) is 33.6 Å². The highest BCUT2D eigenvalue weighted by molar-refractivity contribution is 7.98. The SMILES string of the molecule is CSc1ncc(-c2ccc(-c3ncc(N(C)[C@H]4C[C@]5(C)CCC[C@](C)(C4)N5)nn3)c(O)c2)cc1F. The van der Waals surface area contributed by atoms with Gasteiger partial charge in [-0.3, -0.25) is 0 Å². The highest BCUT2D eigenvalue weighted by Crippen LogP contribution is 2.42. The second kappa shape index (κ2) is 9.02. The summed E-state index contributed by atoms with van der Waals surface area (Å²) in [5.74, 6) is 0.685. The van der Waals surface area contributed by atoms with Crippen LogP contribution in [0.1, 0.15) is 46.0 Å². The molecule has 2 aromatic heterocycles. The van der Waals surface area contributed by atoms with Crippen LogP contribution in [0.15, 0.2) is 41.7 Å². The molecule has 2 N–H and O–H groups in total. The molecule has 0 radical (unpaired) electrons. The molecule has 0 spiro atoms. The first-order valence-corrected chi connectivity index (χ1v) is 13.2. The predicted octanol–water partition coefficient (Wildman–Crippen LogP) is 5.06. The molecule has 35 heavy (non-hydrogen) atoms. The molecule has 0 aliphatic carbocycles. The Morgan fingerprint density at radius 2 is 1.80 bits per heavy atom. The fraction of sp³-hybridized carbons (Fsp3) is 0.462. The average molecular weight is 495 g/mol. The molecule has 7 nitrogen and oxygen atoms in total. The lowest BCUT2D eigenvalue weighted by atomic mass is 9.69. The van der Waals surface area contributed by atoms with Crippen LogP contribution in [0.25, 0.3) is 22.5 Å². The summed E-state index contributed by atoms with van der Waals surface area (Å²) in [6.45, 7) is 4.65. The number of halogens is 1. The number of aromatic hydroxyl groups is 1. The van der Waals surface area contributed by atoms with Crippen molar-refractivity contribution in [3.05, 3.63) is 42.5 Å². The van der Waals surface area contributed by atoms with Crippen molar-refractivity contribution in [2.75, 3.05) is 18.2 Å². The van der Waals surface area contributed by atoms with E-state index in [9.17, 15) is 9.50 Å². The highest BCUT2D eigenvalue weighted by atomic mass is 32.2. The minimum absolute atomic E-state index is 0.00628. The molecule has 184 valence electrons. The number of aromatic nitrogens is 4. The van der Waals surface area contributed by atoms with E-state index in [4.69, 9.17) is 0 Å². The Morgan fingerprint density at radius 1 is 1.06 bits per heavy atom. The first-order chi connectivity index (χ1) is 16.7. The van der Waals surface area contributed by atoms with E-state index < -0.39 is 0 Å². The molecule has 2 aliphatic heterocycles. The predicted molar refractivity (Wildman–Crippen MR) is 137 cm³/mol. The Kier molecular flexibility index (Phi) is 6.17. The third-order valence-electron chi connectivity index (χ3n) is 7.46. The second-order valence-electron chi connectivity index (χ2n) is 10.4. The molecule has 2 saturated heterocycles. The molecular formula is C26H31FN6OS. The lowest BCUT2D eigenvalue weighted by molar-refractivity contribution is 0.0784. The number of hydrogen-bond acceptors (Lipinski definition) is 8. The molecule has 2 aliphatic rings. The molecule has 3 atom stereocenters. The largest absolute Gasteiger partial charge is 0.507 e. The van der Waals surface area contributed by atoms with E-state index in [1.165, 1.54) is 37.1 Å². The summed E-state index contributed by atoms with van der Waals surface area (Å²) in [6.07, 6.45) is 10.9. The summed E-state index contributed by atoms with van der Waals surface area (Å²) in [4.78, 5) is 10.8. The van der Waals surface area contributed by atoms with E-state index in [0.717, 1.165) is 18.7 Å². The van der Waals surface area contributed by atoms with Gasteiger partial charge in [0.15, 0.2) is 17.5 Å². The molecule has 2 fully saturated rings. The summed E-state index contributed by atoms with van der Waals surface area (Å²) in [6, 6.07) is 6.87. The van der Waals surface area contributed by atoms with Gasteiger partial charge in [-0.05, 0) is 76.0 Å². The van der Waals surface area contributed by atoms with Gasteiger partial charge in [0.2, 0.25) is 0 Å². The van der Waals surface area contributed by atoms with Gasteiger partial charge in [0, 0.05) is 35.9 Å². The van der Waals surface area contributed by atoms with Gasteiger partial charge in [-0.15, -0.1) is 22.0 Å². The van der Waals surface area contributed by atoms with Gasteiger partial charge < -0.3 is 15.3 Å². The molecule has 3 aromatic rings. The third kappa shape index (κ3) is 4.71. The maximum absolute atomic E-state index is 14.1. The van der Waals surface area contributed by atoms with Crippen molar-refractivity contribution in [1.82, 2.24) is 25.5 Å². The number of thioether (sulfide) groups is 1. The van der Waals surface area contributed by atoms with Crippen molar-refractivity contribution in [3.63, 3.8) is 0 Å². The molecule has 0 amide bonds. The molecular weight excluding hydrogens is 463 g/mol. The van der Waals surface area contributed by atoms with Crippen molar-refractivity contribution < 1.29 is 9.50 Å². The summed E-state index contributed by atoms with van der Waals surface area (Å²) in [5, 5.41) is 23.6. The zero-order valence-electron chi connectivity index (χ0n) is 20.5. The van der Waals surface area contributed by atoms with Gasteiger partial charge in [0.1, 0.15) is 10.8 Å². The fourth-order valence-corrected chi connectivity index (χ4v) is 6.20. The molecule has 1 aromatic carbocycles. The number of pyridine rings is 1. The number of hydrogen-bond donors (Lipinski definition) is 2. The maximum atomic E-state index is 14.1. The Bertz CT molecular complexity index is 1220. The minimum Gasteiger partial charge on any atom is -0.507 e. The van der Waals surface area contributed by atoms with Gasteiger partial charge in [-0.1, -0.05) is 6.07 Å². The van der Waals surface area contributed by atoms with Crippen LogP contribution in [0.2, 0.25) is 0 Å². The molecule has 9 heteroatoms. The number of phenols is 1. The lowest BCUT2D eigenvalue weighted by Gasteiger charge is -2.55. The van der Waals surface area contributed by atoms with Crippen molar-refractivity contribution in [1.29, 1.82) is 0 Å². The van der Waals surface area contributed by atoms with Crippen LogP contribution >= 0.6 is 11.8 Å². The van der Waals surface area contributed by atoms with Crippen molar-refractivity contribution in [2.24, 2.45) is 0 Å². The normalized spacial score (nSPS) is 25.9. The number of nitrogens with one attached hydrogen (secondary N) is 1. The summed E-state index contributed by atoms with van der Waals surface area (Å²) >= 11 is 1.25. The topological polar surface area (TPSA) is 87.1 Å². The molecule has 4 heterocycles. The quantitative estimate of drug-likeness (QED) is 0.476. The first-order valence-electron chi connectivity index (χ1n) is 11.9. The van der Waals surface area contributed by atoms with E-state index >= 15 is 0 Å². The zero-order chi connectivity index (χ0) is 24.8. The number of piperidine rings is 2. The third-order valence-corrected chi connectivity index (χ3v) is 8.15. The van der Waals surface area contributed by atoms with Crippen molar-refractivity contribution in [3.8, 4) is 28.3 Å². The molecule has 0 saturated carbocycles. The standard InChI is InChI=1S/C26H31FN6OS/c1-25-8-5-9-26(2,32-25)13-18(12-25)33(3)22-15-28-23(31-30-22)19-7-6-16(11-21(19)34)17-10-20(27)24(35-4)29-14-17/h6-7,10-11,14-15,18,32,34H,5,8-9,12-13H2,1-4H3/t18-,25-,26+. The van der Waals surface area contributed by atoms with Crippen LogP contribution in [-0.4, -0.2) is 55.7 Å². The van der Waals surface area contributed by atoms with E-state index in [2.05, 4.69) is 51.3 Å². The van der Waals surface area contributed by atoms with Crippen LogP contribution in [-0.2, 0) is 0 Å². The zero-order valence-corrected chi connectivity index (χ0v) is 21.4. The monoisotopic (exact) mass is 494 g/mol. The second-order valence-corrected chi connectivity index (χ2v) is 11.2. The number of nitrogens with zero attached hydrogens (tertiary/aromatic N) is 5. The van der Waals surface area contributed by atoms with Crippen LogP contribution < -0.4 is 10.2 Å². The van der Waals surface area contributed by atoms with E-state index in [-0.39, 0.29) is 22.6 Å². The first kappa shape index (κ1) is 23.9. The smallest absolute Gasteiger partial charge is 0.185 e. The minimum atomic E-state index is -0.383.